The van der Waals surface area contributed by atoms with E-state index >= 15 is 0 Å². The summed E-state index contributed by atoms with van der Waals surface area (Å²) in [6.07, 6.45) is 2.32. The molecule has 0 unspecified atom stereocenters. The van der Waals surface area contributed by atoms with E-state index in [0.29, 0.717) is 37.7 Å². The average Bonchev–Trinajstić information content (AvgIpc) is 2.93. The largest absolute Gasteiger partial charge is 0.497 e. The molecule has 0 fully saturated rings. The van der Waals surface area contributed by atoms with Crippen molar-refractivity contribution in [3.8, 4) is 5.75 Å². The first kappa shape index (κ1) is 32.8. The summed E-state index contributed by atoms with van der Waals surface area (Å²) in [6.45, 7) is 10.5. The predicted octanol–water partition coefficient (Wildman–Crippen LogP) is 3.79. The van der Waals surface area contributed by atoms with Crippen molar-refractivity contribution in [3.63, 3.8) is 0 Å². The van der Waals surface area contributed by atoms with E-state index in [1.54, 1.807) is 12.0 Å². The Morgan fingerprint density at radius 1 is 0.975 bits per heavy atom. The van der Waals surface area contributed by atoms with Crippen LogP contribution in [0.1, 0.15) is 83.6 Å². The van der Waals surface area contributed by atoms with Gasteiger partial charge in [-0.1, -0.05) is 39.8 Å². The summed E-state index contributed by atoms with van der Waals surface area (Å²) in [6, 6.07) is 11.3. The summed E-state index contributed by atoms with van der Waals surface area (Å²) in [7, 11) is 1.60. The molecule has 0 aromatic heterocycles. The van der Waals surface area contributed by atoms with E-state index in [1.165, 1.54) is 18.2 Å². The number of nitrogens with zero attached hydrogens (tertiary/aromatic N) is 1. The van der Waals surface area contributed by atoms with E-state index in [9.17, 15) is 14.4 Å². The van der Waals surface area contributed by atoms with Crippen LogP contribution in [0.15, 0.2) is 42.5 Å². The number of amides is 2. The van der Waals surface area contributed by atoms with Gasteiger partial charge in [0.25, 0.3) is 5.91 Å². The quantitative estimate of drug-likeness (QED) is 0.200. The van der Waals surface area contributed by atoms with Gasteiger partial charge in [0.2, 0.25) is 5.91 Å². The van der Waals surface area contributed by atoms with Gasteiger partial charge in [0.15, 0.2) is 0 Å². The number of hydrogen-bond donors (Lipinski definition) is 3. The number of nitrogens with one attached hydrogen (secondary N) is 1. The third-order valence-corrected chi connectivity index (χ3v) is 6.56. The molecule has 0 bridgehead atoms. The number of hydrogen-bond acceptors (Lipinski definition) is 7. The third kappa shape index (κ3) is 10.3. The maximum absolute atomic E-state index is 13.4. The van der Waals surface area contributed by atoms with Gasteiger partial charge in [0, 0.05) is 36.8 Å². The Bertz CT molecular complexity index is 1110. The molecule has 0 saturated carbocycles. The molecule has 2 rings (SSSR count). The van der Waals surface area contributed by atoms with Crippen molar-refractivity contribution >= 4 is 17.8 Å². The second-order valence-electron chi connectivity index (χ2n) is 10.5. The highest BCUT2D eigenvalue weighted by Crippen LogP contribution is 2.18. The van der Waals surface area contributed by atoms with Crippen molar-refractivity contribution in [2.45, 2.75) is 65.5 Å². The lowest BCUT2D eigenvalue weighted by atomic mass is 10.0. The van der Waals surface area contributed by atoms with Gasteiger partial charge in [-0.25, -0.2) is 4.79 Å². The molecule has 0 spiro atoms. The van der Waals surface area contributed by atoms with E-state index in [0.717, 1.165) is 31.4 Å². The van der Waals surface area contributed by atoms with Crippen molar-refractivity contribution in [3.05, 3.63) is 64.7 Å². The number of nitrogens with two attached hydrogens (primary N) is 2. The van der Waals surface area contributed by atoms with E-state index in [4.69, 9.17) is 20.9 Å². The third-order valence-electron chi connectivity index (χ3n) is 6.56. The second kappa shape index (κ2) is 16.6. The first-order valence-corrected chi connectivity index (χ1v) is 14.1. The Hall–Kier alpha value is -3.43. The fourth-order valence-electron chi connectivity index (χ4n) is 4.37. The molecule has 220 valence electrons. The molecule has 0 aliphatic heterocycles. The van der Waals surface area contributed by atoms with Crippen LogP contribution in [0, 0.1) is 5.92 Å². The number of carbonyl (C=O) groups is 3. The van der Waals surface area contributed by atoms with Gasteiger partial charge in [-0.05, 0) is 74.0 Å². The topological polar surface area (TPSA) is 137 Å². The molecule has 0 aliphatic rings. The SMILES string of the molecule is CCCN(CCC)C(=O)c1cc(C(N)=O)cc(C(=O)O[C@H](CNCCC(C)C)[C@@H](N)Cc2cccc(OC)c2)c1. The summed E-state index contributed by atoms with van der Waals surface area (Å²) in [5, 5.41) is 3.35. The van der Waals surface area contributed by atoms with Gasteiger partial charge in [-0.3, -0.25) is 9.59 Å². The van der Waals surface area contributed by atoms with Gasteiger partial charge in [0.05, 0.1) is 12.7 Å². The summed E-state index contributed by atoms with van der Waals surface area (Å²) in [5.74, 6) is -0.433. The van der Waals surface area contributed by atoms with Gasteiger partial charge < -0.3 is 31.2 Å². The number of primary amides is 1. The number of rotatable bonds is 17. The maximum atomic E-state index is 13.4. The highest BCUT2D eigenvalue weighted by atomic mass is 16.5. The lowest BCUT2D eigenvalue weighted by Crippen LogP contribution is -2.46. The molecular formula is C31H46N4O5. The van der Waals surface area contributed by atoms with Gasteiger partial charge >= 0.3 is 5.97 Å². The molecule has 2 atom stereocenters. The molecule has 40 heavy (non-hydrogen) atoms. The fourth-order valence-corrected chi connectivity index (χ4v) is 4.37. The molecule has 0 aliphatic carbocycles. The van der Waals surface area contributed by atoms with E-state index in [1.807, 2.05) is 38.1 Å². The molecule has 9 heteroatoms. The number of esters is 1. The zero-order valence-electron chi connectivity index (χ0n) is 24.6. The summed E-state index contributed by atoms with van der Waals surface area (Å²) in [4.78, 5) is 40.5. The van der Waals surface area contributed by atoms with Gasteiger partial charge in [-0.15, -0.1) is 0 Å². The number of carbonyl (C=O) groups excluding carboxylic acids is 3. The van der Waals surface area contributed by atoms with Crippen LogP contribution in [0.2, 0.25) is 0 Å². The van der Waals surface area contributed by atoms with Crippen molar-refractivity contribution < 1.29 is 23.9 Å². The normalized spacial score (nSPS) is 12.6. The van der Waals surface area contributed by atoms with Crippen LogP contribution in [0.4, 0.5) is 0 Å². The van der Waals surface area contributed by atoms with Crippen LogP contribution >= 0.6 is 0 Å². The second-order valence-corrected chi connectivity index (χ2v) is 10.5. The van der Waals surface area contributed by atoms with Crippen LogP contribution in [-0.2, 0) is 11.2 Å². The molecule has 5 N–H and O–H groups in total. The monoisotopic (exact) mass is 554 g/mol. The zero-order valence-corrected chi connectivity index (χ0v) is 24.6. The Kier molecular flexibility index (Phi) is 13.6. The van der Waals surface area contributed by atoms with Crippen LogP contribution in [0.5, 0.6) is 5.75 Å². The van der Waals surface area contributed by atoms with Crippen molar-refractivity contribution in [2.75, 3.05) is 33.3 Å². The maximum Gasteiger partial charge on any atom is 0.338 e. The van der Waals surface area contributed by atoms with E-state index in [2.05, 4.69) is 19.2 Å². The van der Waals surface area contributed by atoms with Crippen molar-refractivity contribution in [1.82, 2.24) is 10.2 Å². The number of methoxy groups -OCH3 is 1. The predicted molar refractivity (Wildman–Crippen MR) is 158 cm³/mol. The highest BCUT2D eigenvalue weighted by Gasteiger charge is 2.25. The molecular weight excluding hydrogens is 508 g/mol. The lowest BCUT2D eigenvalue weighted by molar-refractivity contribution is 0.0238. The van der Waals surface area contributed by atoms with Gasteiger partial charge in [0.1, 0.15) is 11.9 Å². The highest BCUT2D eigenvalue weighted by molar-refractivity contribution is 6.03. The molecule has 0 radical (unpaired) electrons. The standard InChI is InChI=1S/C31H46N4O5/c1-6-13-35(14-7-2)30(37)24-17-23(29(33)36)18-25(19-24)31(38)40-28(20-34-12-11-21(3)4)27(32)16-22-9-8-10-26(15-22)39-5/h8-10,15,17-19,21,27-28,34H,6-7,11-14,16,20,32H2,1-5H3,(H2,33,36)/t27-,28+/m0/s1. The Morgan fingerprint density at radius 3 is 2.23 bits per heavy atom. The fraction of sp³-hybridized carbons (Fsp3) is 0.516. The first-order chi connectivity index (χ1) is 19.1. The molecule has 2 amide bonds. The summed E-state index contributed by atoms with van der Waals surface area (Å²) < 4.78 is 11.2. The molecule has 0 heterocycles. The number of ether oxygens (including phenoxy) is 2. The summed E-state index contributed by atoms with van der Waals surface area (Å²) >= 11 is 0. The minimum absolute atomic E-state index is 0.0676. The first-order valence-electron chi connectivity index (χ1n) is 14.1. The molecule has 2 aromatic rings. The minimum atomic E-state index is -0.733. The summed E-state index contributed by atoms with van der Waals surface area (Å²) in [5.41, 5.74) is 13.4. The Labute approximate surface area is 238 Å². The van der Waals surface area contributed by atoms with Gasteiger partial charge in [-0.2, -0.15) is 0 Å². The molecule has 0 saturated heterocycles. The Morgan fingerprint density at radius 2 is 1.62 bits per heavy atom. The molecule has 2 aromatic carbocycles. The Balaban J connectivity index is 2.32. The zero-order chi connectivity index (χ0) is 29.7. The molecule has 9 nitrogen and oxygen atoms in total. The smallest absolute Gasteiger partial charge is 0.338 e. The van der Waals surface area contributed by atoms with Crippen molar-refractivity contribution in [2.24, 2.45) is 17.4 Å². The van der Waals surface area contributed by atoms with Crippen LogP contribution in [0.3, 0.4) is 0 Å². The number of benzene rings is 2. The van der Waals surface area contributed by atoms with E-state index in [-0.39, 0.29) is 22.6 Å². The lowest BCUT2D eigenvalue weighted by Gasteiger charge is -2.25. The average molecular weight is 555 g/mol. The van der Waals surface area contributed by atoms with Crippen LogP contribution in [0.25, 0.3) is 0 Å². The minimum Gasteiger partial charge on any atom is -0.497 e. The van der Waals surface area contributed by atoms with Crippen LogP contribution < -0.4 is 21.5 Å². The van der Waals surface area contributed by atoms with Crippen molar-refractivity contribution in [1.29, 1.82) is 0 Å². The van der Waals surface area contributed by atoms with E-state index < -0.39 is 24.0 Å². The van der Waals surface area contributed by atoms with Crippen LogP contribution in [-0.4, -0.2) is 68.1 Å².